The minimum absolute atomic E-state index is 0.00762. The average molecular weight is 457 g/mol. The molecule has 1 unspecified atom stereocenters. The van der Waals surface area contributed by atoms with Gasteiger partial charge in [0, 0.05) is 18.2 Å². The molecule has 1 aromatic heterocycles. The van der Waals surface area contributed by atoms with Crippen LogP contribution in [0.15, 0.2) is 84.9 Å². The molecule has 0 radical (unpaired) electrons. The van der Waals surface area contributed by atoms with Crippen LogP contribution in [0.2, 0.25) is 0 Å². The Morgan fingerprint density at radius 3 is 2.30 bits per heavy atom. The number of para-hydroxylation sites is 1. The van der Waals surface area contributed by atoms with Gasteiger partial charge in [-0.05, 0) is 54.8 Å². The zero-order valence-corrected chi connectivity index (χ0v) is 18.9. The molecular weight excluding hydrogens is 432 g/mol. The van der Waals surface area contributed by atoms with Crippen LogP contribution in [0.25, 0.3) is 21.7 Å². The third-order valence-corrected chi connectivity index (χ3v) is 6.93. The predicted molar refractivity (Wildman–Crippen MR) is 132 cm³/mol. The Morgan fingerprint density at radius 1 is 0.939 bits per heavy atom. The average Bonchev–Trinajstić information content (AvgIpc) is 3.48. The van der Waals surface area contributed by atoms with E-state index in [0.29, 0.717) is 0 Å². The second-order valence-electron chi connectivity index (χ2n) is 8.07. The first-order valence-electron chi connectivity index (χ1n) is 11.1. The topological polar surface area (TPSA) is 62.7 Å². The van der Waals surface area contributed by atoms with Gasteiger partial charge in [-0.25, -0.2) is 4.98 Å². The minimum atomic E-state index is -0.763. The summed E-state index contributed by atoms with van der Waals surface area (Å²) in [7, 11) is 0. The van der Waals surface area contributed by atoms with Crippen LogP contribution in [0.5, 0.6) is 11.5 Å². The molecule has 1 atom stereocenters. The largest absolute Gasteiger partial charge is 0.481 e. The normalized spacial score (nSPS) is 15.5. The van der Waals surface area contributed by atoms with Gasteiger partial charge in [0.1, 0.15) is 11.5 Å². The van der Waals surface area contributed by atoms with E-state index in [1.165, 1.54) is 0 Å². The zero-order chi connectivity index (χ0) is 22.6. The lowest BCUT2D eigenvalue weighted by Crippen LogP contribution is -2.31. The van der Waals surface area contributed by atoms with Crippen molar-refractivity contribution in [1.82, 2.24) is 4.98 Å². The van der Waals surface area contributed by atoms with Gasteiger partial charge in [0.15, 0.2) is 5.13 Å². The van der Waals surface area contributed by atoms with Gasteiger partial charge in [-0.1, -0.05) is 59.9 Å². The lowest BCUT2D eigenvalue weighted by molar-refractivity contribution is -0.137. The Morgan fingerprint density at radius 2 is 1.61 bits per heavy atom. The molecule has 1 N–H and O–H groups in total. The van der Waals surface area contributed by atoms with E-state index in [2.05, 4.69) is 17.0 Å². The molecule has 2 heterocycles. The van der Waals surface area contributed by atoms with Gasteiger partial charge in [0.25, 0.3) is 0 Å². The van der Waals surface area contributed by atoms with Crippen molar-refractivity contribution in [2.75, 3.05) is 11.4 Å². The number of anilines is 1. The summed E-state index contributed by atoms with van der Waals surface area (Å²) in [5, 5.41) is 10.2. The minimum Gasteiger partial charge on any atom is -0.481 e. The summed E-state index contributed by atoms with van der Waals surface area (Å²) in [5.41, 5.74) is 3.02. The van der Waals surface area contributed by atoms with Crippen molar-refractivity contribution < 1.29 is 14.6 Å². The lowest BCUT2D eigenvalue weighted by atomic mass is 10.1. The number of nitrogens with zero attached hydrogens (tertiary/aromatic N) is 2. The molecule has 33 heavy (non-hydrogen) atoms. The number of hydrogen-bond donors (Lipinski definition) is 1. The van der Waals surface area contributed by atoms with Gasteiger partial charge in [0.05, 0.1) is 17.0 Å². The van der Waals surface area contributed by atoms with E-state index in [1.54, 1.807) is 11.3 Å². The van der Waals surface area contributed by atoms with Crippen molar-refractivity contribution in [3.63, 3.8) is 0 Å². The Hall–Kier alpha value is -3.64. The van der Waals surface area contributed by atoms with Crippen molar-refractivity contribution >= 4 is 22.4 Å². The molecule has 6 heteroatoms. The summed E-state index contributed by atoms with van der Waals surface area (Å²) in [6.45, 7) is 0.836. The molecule has 5 rings (SSSR count). The first kappa shape index (κ1) is 21.2. The smallest absolute Gasteiger partial charge is 0.305 e. The van der Waals surface area contributed by atoms with Crippen LogP contribution in [0, 0.1) is 0 Å². The molecule has 3 aromatic carbocycles. The van der Waals surface area contributed by atoms with Crippen LogP contribution in [-0.2, 0) is 4.79 Å². The van der Waals surface area contributed by atoms with Crippen LogP contribution in [0.3, 0.4) is 0 Å². The summed E-state index contributed by atoms with van der Waals surface area (Å²) in [6.07, 6.45) is 2.01. The van der Waals surface area contributed by atoms with Crippen LogP contribution >= 0.6 is 11.3 Å². The number of thiazole rings is 1. The highest BCUT2D eigenvalue weighted by Gasteiger charge is 2.30. The van der Waals surface area contributed by atoms with E-state index in [1.807, 2.05) is 72.8 Å². The van der Waals surface area contributed by atoms with Gasteiger partial charge in [-0.3, -0.25) is 4.79 Å². The summed E-state index contributed by atoms with van der Waals surface area (Å²) in [6, 6.07) is 27.9. The molecule has 1 fully saturated rings. The first-order valence-corrected chi connectivity index (χ1v) is 11.9. The van der Waals surface area contributed by atoms with E-state index in [0.717, 1.165) is 57.7 Å². The van der Waals surface area contributed by atoms with Crippen LogP contribution in [-0.4, -0.2) is 28.6 Å². The Bertz CT molecular complexity index is 1220. The number of ether oxygens (including phenoxy) is 1. The van der Waals surface area contributed by atoms with E-state index >= 15 is 0 Å². The maximum atomic E-state index is 11.4. The summed E-state index contributed by atoms with van der Waals surface area (Å²) in [5.74, 6) is 0.799. The van der Waals surface area contributed by atoms with E-state index < -0.39 is 5.97 Å². The van der Waals surface area contributed by atoms with Gasteiger partial charge < -0.3 is 14.7 Å². The van der Waals surface area contributed by atoms with E-state index in [9.17, 15) is 9.90 Å². The third kappa shape index (κ3) is 4.76. The number of benzene rings is 3. The molecule has 0 spiro atoms. The third-order valence-electron chi connectivity index (χ3n) is 5.79. The molecule has 1 aliphatic heterocycles. The molecule has 0 saturated carbocycles. The number of aliphatic carboxylic acids is 1. The van der Waals surface area contributed by atoms with Gasteiger partial charge in [0.2, 0.25) is 0 Å². The molecule has 1 saturated heterocycles. The SMILES string of the molecule is O=C(O)CC1CCCN1c1nc(-c2ccc(Oc3ccccc3)cc2)c(-c2ccccc2)s1. The van der Waals surface area contributed by atoms with Crippen LogP contribution in [0.4, 0.5) is 5.13 Å². The molecule has 4 aromatic rings. The molecule has 1 aliphatic rings. The highest BCUT2D eigenvalue weighted by molar-refractivity contribution is 7.19. The molecule has 0 aliphatic carbocycles. The maximum absolute atomic E-state index is 11.4. The Kier molecular flexibility index (Phi) is 6.09. The Balaban J connectivity index is 1.49. The molecule has 5 nitrogen and oxygen atoms in total. The maximum Gasteiger partial charge on any atom is 0.305 e. The zero-order valence-electron chi connectivity index (χ0n) is 18.1. The lowest BCUT2D eigenvalue weighted by Gasteiger charge is -2.22. The van der Waals surface area contributed by atoms with Crippen molar-refractivity contribution in [1.29, 1.82) is 0 Å². The first-order chi connectivity index (χ1) is 16.2. The number of aromatic nitrogens is 1. The number of carboxylic acids is 1. The number of rotatable bonds is 7. The van der Waals surface area contributed by atoms with Gasteiger partial charge in [-0.15, -0.1) is 0 Å². The van der Waals surface area contributed by atoms with Crippen molar-refractivity contribution in [2.24, 2.45) is 0 Å². The van der Waals surface area contributed by atoms with Crippen molar-refractivity contribution in [2.45, 2.75) is 25.3 Å². The second kappa shape index (κ2) is 9.46. The molecule has 166 valence electrons. The van der Waals surface area contributed by atoms with Crippen LogP contribution in [0.1, 0.15) is 19.3 Å². The van der Waals surface area contributed by atoms with E-state index in [4.69, 9.17) is 9.72 Å². The summed E-state index contributed by atoms with van der Waals surface area (Å²) >= 11 is 1.63. The number of carbonyl (C=O) groups is 1. The summed E-state index contributed by atoms with van der Waals surface area (Å²) < 4.78 is 5.94. The quantitative estimate of drug-likeness (QED) is 0.335. The van der Waals surface area contributed by atoms with E-state index in [-0.39, 0.29) is 12.5 Å². The molecule has 0 bridgehead atoms. The van der Waals surface area contributed by atoms with Gasteiger partial charge in [-0.2, -0.15) is 0 Å². The van der Waals surface area contributed by atoms with Gasteiger partial charge >= 0.3 is 5.97 Å². The fourth-order valence-electron chi connectivity index (χ4n) is 4.22. The van der Waals surface area contributed by atoms with Crippen LogP contribution < -0.4 is 9.64 Å². The van der Waals surface area contributed by atoms with Crippen molar-refractivity contribution in [3.8, 4) is 33.2 Å². The fraction of sp³-hybridized carbons (Fsp3) is 0.185. The predicted octanol–water partition coefficient (Wildman–Crippen LogP) is 6.71. The van der Waals surface area contributed by atoms with Crippen molar-refractivity contribution in [3.05, 3.63) is 84.9 Å². The summed E-state index contributed by atoms with van der Waals surface area (Å²) in [4.78, 5) is 19.6. The Labute approximate surface area is 196 Å². The molecular formula is C27H24N2O3S. The number of carboxylic acid groups (broad SMARTS) is 1. The molecule has 0 amide bonds. The second-order valence-corrected chi connectivity index (χ2v) is 9.04. The highest BCUT2D eigenvalue weighted by atomic mass is 32.1. The number of hydrogen-bond acceptors (Lipinski definition) is 5. The standard InChI is InChI=1S/C27H24N2O3S/c30-24(31)18-21-10-7-17-29(21)27-28-25(26(33-27)20-8-3-1-4-9-20)19-13-15-23(16-14-19)32-22-11-5-2-6-12-22/h1-6,8-9,11-16,21H,7,10,17-18H2,(H,30,31). The highest BCUT2D eigenvalue weighted by Crippen LogP contribution is 2.42. The fourth-order valence-corrected chi connectivity index (χ4v) is 5.41. The monoisotopic (exact) mass is 456 g/mol.